The van der Waals surface area contributed by atoms with E-state index < -0.39 is 15.6 Å². The Morgan fingerprint density at radius 1 is 1.25 bits per heavy atom. The van der Waals surface area contributed by atoms with Gasteiger partial charge in [0, 0.05) is 24.0 Å². The third-order valence-electron chi connectivity index (χ3n) is 3.28. The van der Waals surface area contributed by atoms with Gasteiger partial charge in [0.25, 0.3) is 0 Å². The molecule has 2 N–H and O–H groups in total. The fourth-order valence-corrected chi connectivity index (χ4v) is 3.57. The summed E-state index contributed by atoms with van der Waals surface area (Å²) in [6, 6.07) is 7.19. The Bertz CT molecular complexity index is 791. The second-order valence-corrected chi connectivity index (χ2v) is 6.48. The lowest BCUT2D eigenvalue weighted by molar-refractivity contribution is 0.557. The van der Waals surface area contributed by atoms with Crippen LogP contribution < -0.4 is 15.7 Å². The molecule has 1 saturated heterocycles. The summed E-state index contributed by atoms with van der Waals surface area (Å²) in [6.45, 7) is 1.46. The molecule has 0 radical (unpaired) electrons. The maximum Gasteiger partial charge on any atom is 0.336 e. The highest BCUT2D eigenvalue weighted by molar-refractivity contribution is 7.89. The molecule has 0 aliphatic carbocycles. The van der Waals surface area contributed by atoms with Gasteiger partial charge in [0.2, 0.25) is 10.0 Å². The predicted octanol–water partition coefficient (Wildman–Crippen LogP) is 0.433. The smallest absolute Gasteiger partial charge is 0.336 e. The van der Waals surface area contributed by atoms with Gasteiger partial charge >= 0.3 is 5.63 Å². The zero-order chi connectivity index (χ0) is 14.2. The van der Waals surface area contributed by atoms with Gasteiger partial charge in [-0.1, -0.05) is 0 Å². The molecule has 6 nitrogen and oxygen atoms in total. The summed E-state index contributed by atoms with van der Waals surface area (Å²) in [5.74, 6) is 0. The number of sulfonamides is 1. The first-order valence-electron chi connectivity index (χ1n) is 6.31. The molecule has 2 aromatic rings. The normalized spacial score (nSPS) is 19.5. The molecule has 1 aliphatic rings. The summed E-state index contributed by atoms with van der Waals surface area (Å²) in [6.07, 6.45) is 0.779. The fourth-order valence-electron chi connectivity index (χ4n) is 2.26. The quantitative estimate of drug-likeness (QED) is 0.802. The molecule has 1 aliphatic heterocycles. The van der Waals surface area contributed by atoms with E-state index in [4.69, 9.17) is 4.42 Å². The summed E-state index contributed by atoms with van der Waals surface area (Å²) in [5, 5.41) is 3.69. The van der Waals surface area contributed by atoms with Gasteiger partial charge in [0.1, 0.15) is 5.58 Å². The highest BCUT2D eigenvalue weighted by Crippen LogP contribution is 2.18. The van der Waals surface area contributed by atoms with E-state index >= 15 is 0 Å². The van der Waals surface area contributed by atoms with E-state index in [9.17, 15) is 13.2 Å². The third-order valence-corrected chi connectivity index (χ3v) is 4.80. The third kappa shape index (κ3) is 2.60. The average Bonchev–Trinajstić information content (AvgIpc) is 2.90. The van der Waals surface area contributed by atoms with Gasteiger partial charge < -0.3 is 9.73 Å². The molecule has 0 spiro atoms. The molecule has 7 heteroatoms. The molecular weight excluding hydrogens is 280 g/mol. The van der Waals surface area contributed by atoms with Crippen LogP contribution in [-0.4, -0.2) is 27.5 Å². The molecule has 1 aromatic heterocycles. The lowest BCUT2D eigenvalue weighted by Gasteiger charge is -2.12. The van der Waals surface area contributed by atoms with E-state index in [0.29, 0.717) is 17.5 Å². The minimum atomic E-state index is -3.56. The molecule has 3 rings (SSSR count). The number of rotatable bonds is 3. The van der Waals surface area contributed by atoms with Crippen molar-refractivity contribution in [1.29, 1.82) is 0 Å². The van der Waals surface area contributed by atoms with Crippen LogP contribution in [0.1, 0.15) is 6.42 Å². The van der Waals surface area contributed by atoms with Crippen LogP contribution >= 0.6 is 0 Å². The van der Waals surface area contributed by atoms with Crippen molar-refractivity contribution >= 4 is 21.0 Å². The van der Waals surface area contributed by atoms with Crippen LogP contribution in [0.2, 0.25) is 0 Å². The van der Waals surface area contributed by atoms with Crippen molar-refractivity contribution in [3.8, 4) is 0 Å². The average molecular weight is 294 g/mol. The Labute approximate surface area is 115 Å². The molecule has 2 heterocycles. The highest BCUT2D eigenvalue weighted by atomic mass is 32.2. The maximum absolute atomic E-state index is 12.3. The number of benzene rings is 1. The van der Waals surface area contributed by atoms with Crippen LogP contribution in [0.25, 0.3) is 11.0 Å². The molecule has 1 atom stereocenters. The van der Waals surface area contributed by atoms with Gasteiger partial charge in [-0.2, -0.15) is 0 Å². The molecule has 1 fully saturated rings. The van der Waals surface area contributed by atoms with E-state index in [1.165, 1.54) is 24.3 Å². The Morgan fingerprint density at radius 3 is 2.85 bits per heavy atom. The van der Waals surface area contributed by atoms with Crippen molar-refractivity contribution in [2.24, 2.45) is 0 Å². The summed E-state index contributed by atoms with van der Waals surface area (Å²) >= 11 is 0. The van der Waals surface area contributed by atoms with Crippen molar-refractivity contribution < 1.29 is 12.8 Å². The van der Waals surface area contributed by atoms with Crippen LogP contribution in [0.3, 0.4) is 0 Å². The predicted molar refractivity (Wildman–Crippen MR) is 74.1 cm³/mol. The number of fused-ring (bicyclic) bond motifs is 1. The first-order valence-corrected chi connectivity index (χ1v) is 7.80. The summed E-state index contributed by atoms with van der Waals surface area (Å²) in [4.78, 5) is 11.3. The van der Waals surface area contributed by atoms with E-state index in [0.717, 1.165) is 13.0 Å². The highest BCUT2D eigenvalue weighted by Gasteiger charge is 2.22. The van der Waals surface area contributed by atoms with Gasteiger partial charge in [0.05, 0.1) is 4.90 Å². The van der Waals surface area contributed by atoms with Crippen LogP contribution in [0.5, 0.6) is 0 Å². The zero-order valence-corrected chi connectivity index (χ0v) is 11.4. The molecule has 1 unspecified atom stereocenters. The molecule has 1 aromatic carbocycles. The van der Waals surface area contributed by atoms with E-state index in [1.54, 1.807) is 6.07 Å². The summed E-state index contributed by atoms with van der Waals surface area (Å²) in [7, 11) is -3.56. The van der Waals surface area contributed by atoms with Crippen LogP contribution in [0.15, 0.2) is 44.4 Å². The van der Waals surface area contributed by atoms with E-state index in [1.807, 2.05) is 0 Å². The standard InChI is InChI=1S/C13H14N2O4S/c16-13-4-1-9-7-11(2-3-12(9)19-13)20(17,18)15-10-5-6-14-8-10/h1-4,7,10,14-15H,5-6,8H2. The zero-order valence-electron chi connectivity index (χ0n) is 10.6. The second kappa shape index (κ2) is 5.01. The minimum Gasteiger partial charge on any atom is -0.423 e. The lowest BCUT2D eigenvalue weighted by atomic mass is 10.2. The van der Waals surface area contributed by atoms with E-state index in [-0.39, 0.29) is 10.9 Å². The van der Waals surface area contributed by atoms with Crippen molar-refractivity contribution in [2.75, 3.05) is 13.1 Å². The van der Waals surface area contributed by atoms with E-state index in [2.05, 4.69) is 10.0 Å². The first-order chi connectivity index (χ1) is 9.54. The van der Waals surface area contributed by atoms with Gasteiger partial charge in [-0.3, -0.25) is 0 Å². The monoisotopic (exact) mass is 294 g/mol. The molecule has 0 amide bonds. The summed E-state index contributed by atoms with van der Waals surface area (Å²) in [5.41, 5.74) is -0.0813. The van der Waals surface area contributed by atoms with Gasteiger partial charge in [-0.25, -0.2) is 17.9 Å². The molecule has 0 saturated carbocycles. The van der Waals surface area contributed by atoms with Gasteiger partial charge in [0.15, 0.2) is 0 Å². The maximum atomic E-state index is 12.3. The molecule has 106 valence electrons. The Kier molecular flexibility index (Phi) is 3.33. The first kappa shape index (κ1) is 13.3. The number of hydrogen-bond donors (Lipinski definition) is 2. The van der Waals surface area contributed by atoms with Crippen molar-refractivity contribution in [3.63, 3.8) is 0 Å². The Hall–Kier alpha value is -1.70. The lowest BCUT2D eigenvalue weighted by Crippen LogP contribution is -2.36. The van der Waals surface area contributed by atoms with Gasteiger partial charge in [-0.15, -0.1) is 0 Å². The SMILES string of the molecule is O=c1ccc2cc(S(=O)(=O)NC3CCNC3)ccc2o1. The van der Waals surface area contributed by atoms with Crippen molar-refractivity contribution in [1.82, 2.24) is 10.0 Å². The summed E-state index contributed by atoms with van der Waals surface area (Å²) < 4.78 is 32.2. The number of hydrogen-bond acceptors (Lipinski definition) is 5. The van der Waals surface area contributed by atoms with Gasteiger partial charge in [-0.05, 0) is 37.2 Å². The van der Waals surface area contributed by atoms with Crippen LogP contribution in [-0.2, 0) is 10.0 Å². The molecular formula is C13H14N2O4S. The minimum absolute atomic E-state index is 0.0793. The topological polar surface area (TPSA) is 88.4 Å². The largest absolute Gasteiger partial charge is 0.423 e. The fraction of sp³-hybridized carbons (Fsp3) is 0.308. The Balaban J connectivity index is 1.96. The number of nitrogens with one attached hydrogen (secondary N) is 2. The van der Waals surface area contributed by atoms with Crippen molar-refractivity contribution in [3.05, 3.63) is 40.8 Å². The molecule has 0 bridgehead atoms. The molecule has 20 heavy (non-hydrogen) atoms. The van der Waals surface area contributed by atoms with Crippen LogP contribution in [0.4, 0.5) is 0 Å². The second-order valence-electron chi connectivity index (χ2n) is 4.77. The van der Waals surface area contributed by atoms with Crippen molar-refractivity contribution in [2.45, 2.75) is 17.4 Å². The Morgan fingerprint density at radius 2 is 2.10 bits per heavy atom. The van der Waals surface area contributed by atoms with Crippen LogP contribution in [0, 0.1) is 0 Å².